The highest BCUT2D eigenvalue weighted by atomic mass is 16.5. The Bertz CT molecular complexity index is 1040. The monoisotopic (exact) mass is 623 g/mol. The average molecular weight is 623 g/mol. The Hall–Kier alpha value is -0.790. The molecule has 0 N–H and O–H groups in total. The van der Waals surface area contributed by atoms with Crippen molar-refractivity contribution in [3.63, 3.8) is 0 Å². The number of esters is 1. The SMILES string of the molecule is C=C(C)[C@@H]1CC[C@]2(C)CC[C@]3(C)[C@H](CC[C@@H]4[C@@]5(C)CC[C@H](OC(=O)CCCCCCCCCCCC)C(C)(C)[C@@H]5CC[C@]43C)[C@@H]12. The lowest BCUT2D eigenvalue weighted by Crippen LogP contribution is -2.66. The summed E-state index contributed by atoms with van der Waals surface area (Å²) in [7, 11) is 0. The maximum absolute atomic E-state index is 13.1. The van der Waals surface area contributed by atoms with E-state index in [-0.39, 0.29) is 17.5 Å². The van der Waals surface area contributed by atoms with Gasteiger partial charge in [-0.05, 0) is 129 Å². The molecule has 258 valence electrons. The molecular formula is C43H74O2. The van der Waals surface area contributed by atoms with Gasteiger partial charge in [0.2, 0.25) is 0 Å². The van der Waals surface area contributed by atoms with Gasteiger partial charge in [-0.2, -0.15) is 0 Å². The van der Waals surface area contributed by atoms with Crippen LogP contribution in [0.5, 0.6) is 0 Å². The zero-order valence-corrected chi connectivity index (χ0v) is 31.3. The lowest BCUT2D eigenvalue weighted by atomic mass is 9.32. The van der Waals surface area contributed by atoms with E-state index in [0.717, 1.165) is 36.5 Å². The highest BCUT2D eigenvalue weighted by molar-refractivity contribution is 5.69. The summed E-state index contributed by atoms with van der Waals surface area (Å²) in [4.78, 5) is 13.1. The van der Waals surface area contributed by atoms with Gasteiger partial charge in [-0.1, -0.05) is 118 Å². The third-order valence-electron chi connectivity index (χ3n) is 16.4. The number of fused-ring (bicyclic) bond motifs is 7. The van der Waals surface area contributed by atoms with Crippen molar-refractivity contribution in [3.8, 4) is 0 Å². The predicted octanol–water partition coefficient (Wildman–Crippen LogP) is 12.9. The lowest BCUT2D eigenvalue weighted by Gasteiger charge is -2.73. The van der Waals surface area contributed by atoms with Crippen LogP contribution >= 0.6 is 0 Å². The fourth-order valence-corrected chi connectivity index (χ4v) is 13.7. The molecule has 5 rings (SSSR count). The Morgan fingerprint density at radius 2 is 1.33 bits per heavy atom. The number of hydrogen-bond donors (Lipinski definition) is 0. The normalized spacial score (nSPS) is 43.5. The fourth-order valence-electron chi connectivity index (χ4n) is 13.7. The first kappa shape index (κ1) is 35.5. The summed E-state index contributed by atoms with van der Waals surface area (Å²) in [5.74, 6) is 3.89. The van der Waals surface area contributed by atoms with Crippen LogP contribution in [0, 0.1) is 56.7 Å². The molecule has 0 radical (unpaired) electrons. The van der Waals surface area contributed by atoms with E-state index in [0.29, 0.717) is 34.0 Å². The predicted molar refractivity (Wildman–Crippen MR) is 191 cm³/mol. The number of unbranched alkanes of at least 4 members (excludes halogenated alkanes) is 9. The molecule has 0 saturated heterocycles. The number of carbonyl (C=O) groups is 1. The van der Waals surface area contributed by atoms with Gasteiger partial charge in [0.15, 0.2) is 0 Å². The van der Waals surface area contributed by atoms with E-state index in [2.05, 4.69) is 62.0 Å². The lowest BCUT2D eigenvalue weighted by molar-refractivity contribution is -0.249. The molecule has 0 amide bonds. The van der Waals surface area contributed by atoms with Crippen LogP contribution in [0.25, 0.3) is 0 Å². The van der Waals surface area contributed by atoms with Crippen LogP contribution in [0.2, 0.25) is 0 Å². The molecule has 5 saturated carbocycles. The molecule has 2 nitrogen and oxygen atoms in total. The van der Waals surface area contributed by atoms with Crippen LogP contribution in [0.1, 0.15) is 190 Å². The first-order chi connectivity index (χ1) is 21.2. The average Bonchev–Trinajstić information content (AvgIpc) is 3.34. The number of rotatable bonds is 13. The molecule has 45 heavy (non-hydrogen) atoms. The van der Waals surface area contributed by atoms with E-state index in [1.807, 2.05) is 0 Å². The molecule has 0 heterocycles. The Balaban J connectivity index is 1.19. The third-order valence-corrected chi connectivity index (χ3v) is 16.4. The Morgan fingerprint density at radius 3 is 1.98 bits per heavy atom. The van der Waals surface area contributed by atoms with Gasteiger partial charge in [-0.3, -0.25) is 4.79 Å². The summed E-state index contributed by atoms with van der Waals surface area (Å²) in [6.07, 6.45) is 27.1. The second-order valence-corrected chi connectivity index (χ2v) is 19.1. The zero-order valence-electron chi connectivity index (χ0n) is 31.3. The van der Waals surface area contributed by atoms with E-state index >= 15 is 0 Å². The Labute approximate surface area is 280 Å². The number of carbonyl (C=O) groups excluding carboxylic acids is 1. The molecule has 5 fully saturated rings. The van der Waals surface area contributed by atoms with Gasteiger partial charge in [0, 0.05) is 11.8 Å². The molecule has 5 aliphatic rings. The molecular weight excluding hydrogens is 548 g/mol. The van der Waals surface area contributed by atoms with E-state index in [9.17, 15) is 4.79 Å². The van der Waals surface area contributed by atoms with E-state index in [1.165, 1.54) is 121 Å². The maximum atomic E-state index is 13.1. The third kappa shape index (κ3) is 6.27. The summed E-state index contributed by atoms with van der Waals surface area (Å²) in [5.41, 5.74) is 3.19. The zero-order chi connectivity index (χ0) is 32.7. The van der Waals surface area contributed by atoms with Gasteiger partial charge in [0.1, 0.15) is 6.10 Å². The van der Waals surface area contributed by atoms with Crippen molar-refractivity contribution in [2.75, 3.05) is 0 Å². The summed E-state index contributed by atoms with van der Waals surface area (Å²) in [5, 5.41) is 0. The topological polar surface area (TPSA) is 26.3 Å². The van der Waals surface area contributed by atoms with Crippen molar-refractivity contribution in [1.29, 1.82) is 0 Å². The fraction of sp³-hybridized carbons (Fsp3) is 0.930. The largest absolute Gasteiger partial charge is 0.462 e. The minimum Gasteiger partial charge on any atom is -0.462 e. The van der Waals surface area contributed by atoms with Gasteiger partial charge < -0.3 is 4.74 Å². The molecule has 10 atom stereocenters. The Morgan fingerprint density at radius 1 is 0.689 bits per heavy atom. The van der Waals surface area contributed by atoms with Crippen LogP contribution in [0.4, 0.5) is 0 Å². The van der Waals surface area contributed by atoms with Gasteiger partial charge in [0.05, 0.1) is 0 Å². The number of ether oxygens (including phenoxy) is 1. The minimum absolute atomic E-state index is 0.0428. The molecule has 0 aliphatic heterocycles. The van der Waals surface area contributed by atoms with E-state index in [4.69, 9.17) is 4.74 Å². The second-order valence-electron chi connectivity index (χ2n) is 19.1. The summed E-state index contributed by atoms with van der Waals surface area (Å²) >= 11 is 0. The van der Waals surface area contributed by atoms with Crippen molar-refractivity contribution in [2.24, 2.45) is 56.7 Å². The molecule has 0 unspecified atom stereocenters. The highest BCUT2D eigenvalue weighted by Crippen LogP contribution is 2.77. The van der Waals surface area contributed by atoms with Gasteiger partial charge >= 0.3 is 5.97 Å². The molecule has 5 aliphatic carbocycles. The van der Waals surface area contributed by atoms with Crippen molar-refractivity contribution in [2.45, 2.75) is 196 Å². The van der Waals surface area contributed by atoms with Gasteiger partial charge in [-0.25, -0.2) is 0 Å². The maximum Gasteiger partial charge on any atom is 0.306 e. The minimum atomic E-state index is 0.0428. The smallest absolute Gasteiger partial charge is 0.306 e. The molecule has 0 aromatic carbocycles. The standard InChI is InChI=1S/C43H74O2/c1-10-11-12-13-14-15-16-17-18-19-20-37(44)45-36-25-27-41(7)34(39(36,4)5)24-28-43(9)35(41)22-21-33-38-32(31(2)3)23-26-40(38,6)29-30-42(33,43)8/h32-36,38H,2,10-30H2,1,3-9H3/t32-,33+,34-,35+,36-,38+,40+,41-,42+,43+/m0/s1. The summed E-state index contributed by atoms with van der Waals surface area (Å²) in [6.45, 7) is 24.9. The van der Waals surface area contributed by atoms with E-state index < -0.39 is 0 Å². The molecule has 0 aromatic heterocycles. The first-order valence-electron chi connectivity index (χ1n) is 20.1. The summed E-state index contributed by atoms with van der Waals surface area (Å²) in [6, 6.07) is 0. The van der Waals surface area contributed by atoms with Gasteiger partial charge in [0.25, 0.3) is 0 Å². The molecule has 0 spiro atoms. The quantitative estimate of drug-likeness (QED) is 0.116. The van der Waals surface area contributed by atoms with Gasteiger partial charge in [-0.15, -0.1) is 0 Å². The number of hydrogen-bond acceptors (Lipinski definition) is 2. The van der Waals surface area contributed by atoms with E-state index in [1.54, 1.807) is 0 Å². The Kier molecular flexibility index (Phi) is 10.7. The van der Waals surface area contributed by atoms with Crippen LogP contribution < -0.4 is 0 Å². The second kappa shape index (κ2) is 13.6. The van der Waals surface area contributed by atoms with Crippen LogP contribution in [0.3, 0.4) is 0 Å². The molecule has 0 bridgehead atoms. The van der Waals surface area contributed by atoms with Crippen LogP contribution in [0.15, 0.2) is 12.2 Å². The summed E-state index contributed by atoms with van der Waals surface area (Å²) < 4.78 is 6.40. The number of allylic oxidation sites excluding steroid dienone is 1. The van der Waals surface area contributed by atoms with Crippen LogP contribution in [-0.4, -0.2) is 12.1 Å². The molecule has 2 heteroatoms. The van der Waals surface area contributed by atoms with Crippen molar-refractivity contribution < 1.29 is 9.53 Å². The van der Waals surface area contributed by atoms with Crippen molar-refractivity contribution in [3.05, 3.63) is 12.2 Å². The van der Waals surface area contributed by atoms with Crippen molar-refractivity contribution >= 4 is 5.97 Å². The highest BCUT2D eigenvalue weighted by Gasteiger charge is 2.70. The van der Waals surface area contributed by atoms with Crippen LogP contribution in [-0.2, 0) is 9.53 Å². The molecule has 0 aromatic rings. The first-order valence-corrected chi connectivity index (χ1v) is 20.1. The van der Waals surface area contributed by atoms with Crippen molar-refractivity contribution in [1.82, 2.24) is 0 Å².